The predicted molar refractivity (Wildman–Crippen MR) is 62.0 cm³/mol. The van der Waals surface area contributed by atoms with Gasteiger partial charge in [-0.25, -0.2) is 0 Å². The van der Waals surface area contributed by atoms with Gasteiger partial charge in [0.1, 0.15) is 0 Å². The van der Waals surface area contributed by atoms with Crippen molar-refractivity contribution < 1.29 is 14.3 Å². The summed E-state index contributed by atoms with van der Waals surface area (Å²) in [5.41, 5.74) is 1.57. The fraction of sp³-hybridized carbons (Fsp3) is 0.600. The van der Waals surface area contributed by atoms with Gasteiger partial charge in [-0.2, -0.15) is 0 Å². The molecule has 3 nitrogen and oxygen atoms in total. The summed E-state index contributed by atoms with van der Waals surface area (Å²) in [4.78, 5) is 23.7. The van der Waals surface area contributed by atoms with Crippen LogP contribution in [-0.2, 0) is 14.3 Å². The van der Waals surface area contributed by atoms with Gasteiger partial charge in [-0.15, -0.1) is 0 Å². The van der Waals surface area contributed by atoms with Gasteiger partial charge in [0.05, 0.1) is 11.8 Å². The third-order valence-electron chi connectivity index (χ3n) is 5.61. The van der Waals surface area contributed by atoms with Gasteiger partial charge < -0.3 is 4.74 Å². The molecule has 6 rings (SSSR count). The molecule has 0 N–H and O–H groups in total. The molecule has 3 heteroatoms. The van der Waals surface area contributed by atoms with Crippen molar-refractivity contribution in [1.82, 2.24) is 0 Å². The summed E-state index contributed by atoms with van der Waals surface area (Å²) >= 11 is 0. The van der Waals surface area contributed by atoms with Gasteiger partial charge in [-0.1, -0.05) is 23.8 Å². The Bertz CT molecular complexity index is 540. The first-order valence-electron chi connectivity index (χ1n) is 6.91. The van der Waals surface area contributed by atoms with E-state index < -0.39 is 0 Å². The van der Waals surface area contributed by atoms with Crippen LogP contribution in [0.3, 0.4) is 0 Å². The number of cyclic esters (lactones) is 2. The van der Waals surface area contributed by atoms with E-state index in [1.807, 2.05) is 0 Å². The average molecular weight is 242 g/mol. The Hall–Kier alpha value is -1.38. The van der Waals surface area contributed by atoms with Gasteiger partial charge in [0.15, 0.2) is 0 Å². The van der Waals surface area contributed by atoms with Crippen LogP contribution in [0.2, 0.25) is 0 Å². The Morgan fingerprint density at radius 2 is 1.56 bits per heavy atom. The summed E-state index contributed by atoms with van der Waals surface area (Å²) in [6.07, 6.45) is 9.35. The smallest absolute Gasteiger partial charge is 0.318 e. The number of allylic oxidation sites excluding steroid dienone is 4. The van der Waals surface area contributed by atoms with E-state index in [0.717, 1.165) is 5.92 Å². The number of esters is 2. The molecular weight excluding hydrogens is 228 g/mol. The van der Waals surface area contributed by atoms with Crippen molar-refractivity contribution >= 4 is 11.9 Å². The van der Waals surface area contributed by atoms with Crippen molar-refractivity contribution in [3.8, 4) is 0 Å². The second-order valence-corrected chi connectivity index (χ2v) is 6.38. The molecule has 6 atom stereocenters. The van der Waals surface area contributed by atoms with E-state index in [-0.39, 0.29) is 35.6 Å². The van der Waals surface area contributed by atoms with Crippen LogP contribution in [0.4, 0.5) is 0 Å². The van der Waals surface area contributed by atoms with Gasteiger partial charge >= 0.3 is 11.9 Å². The molecule has 1 saturated heterocycles. The molecule has 0 aromatic carbocycles. The fourth-order valence-electron chi connectivity index (χ4n) is 4.72. The Morgan fingerprint density at radius 1 is 0.889 bits per heavy atom. The summed E-state index contributed by atoms with van der Waals surface area (Å²) in [7, 11) is 0. The standard InChI is InChI=1S/C15H14O3/c16-14-12-7-3-4-8(13(12)15(17)18-14)11-9(5-10(7)11)6-1-2-6/h3-8,10-13H,1-2H2/t7-,8-,10-,11-,12+,13+/m0/s1. The quantitative estimate of drug-likeness (QED) is 0.399. The van der Waals surface area contributed by atoms with Crippen LogP contribution in [0.15, 0.2) is 23.8 Å². The first kappa shape index (κ1) is 9.54. The molecule has 1 heterocycles. The summed E-state index contributed by atoms with van der Waals surface area (Å²) in [6.45, 7) is 0. The zero-order valence-corrected chi connectivity index (χ0v) is 9.91. The van der Waals surface area contributed by atoms with Gasteiger partial charge in [0.2, 0.25) is 0 Å². The zero-order chi connectivity index (χ0) is 12.0. The van der Waals surface area contributed by atoms with Gasteiger partial charge in [-0.3, -0.25) is 9.59 Å². The maximum absolute atomic E-state index is 11.9. The third-order valence-corrected chi connectivity index (χ3v) is 5.61. The lowest BCUT2D eigenvalue weighted by Crippen LogP contribution is -2.53. The molecule has 2 bridgehead atoms. The first-order chi connectivity index (χ1) is 8.75. The second-order valence-electron chi connectivity index (χ2n) is 6.38. The lowest BCUT2D eigenvalue weighted by molar-refractivity contribution is -0.154. The average Bonchev–Trinajstić information content (AvgIpc) is 3.07. The van der Waals surface area contributed by atoms with E-state index in [0.29, 0.717) is 11.8 Å². The van der Waals surface area contributed by atoms with Gasteiger partial charge in [0.25, 0.3) is 0 Å². The van der Waals surface area contributed by atoms with Crippen LogP contribution in [-0.4, -0.2) is 11.9 Å². The second kappa shape index (κ2) is 2.79. The van der Waals surface area contributed by atoms with E-state index in [4.69, 9.17) is 4.74 Å². The van der Waals surface area contributed by atoms with Crippen LogP contribution in [0.25, 0.3) is 0 Å². The molecule has 0 unspecified atom stereocenters. The van der Waals surface area contributed by atoms with Crippen molar-refractivity contribution in [1.29, 1.82) is 0 Å². The van der Waals surface area contributed by atoms with E-state index in [1.165, 1.54) is 12.8 Å². The molecule has 0 aromatic heterocycles. The molecule has 0 radical (unpaired) electrons. The lowest BCUT2D eigenvalue weighted by atomic mass is 9.47. The third kappa shape index (κ3) is 0.909. The monoisotopic (exact) mass is 242 g/mol. The van der Waals surface area contributed by atoms with Gasteiger partial charge in [-0.05, 0) is 42.4 Å². The SMILES string of the molecule is O=C1OC(=O)[C@@H]2[C@H]3C=C[C@@H]([C@@H]4C=C(C5CC5)[C@@H]43)[C@@H]12. The number of carbonyl (C=O) groups is 2. The zero-order valence-electron chi connectivity index (χ0n) is 9.91. The number of rotatable bonds is 1. The molecule has 1 aliphatic heterocycles. The van der Waals surface area contributed by atoms with E-state index in [1.54, 1.807) is 5.57 Å². The Labute approximate surface area is 105 Å². The van der Waals surface area contributed by atoms with Crippen molar-refractivity contribution in [2.75, 3.05) is 0 Å². The highest BCUT2D eigenvalue weighted by atomic mass is 16.6. The van der Waals surface area contributed by atoms with Crippen LogP contribution in [0.5, 0.6) is 0 Å². The highest BCUT2D eigenvalue weighted by Gasteiger charge is 2.64. The molecule has 0 aromatic rings. The Morgan fingerprint density at radius 3 is 2.28 bits per heavy atom. The van der Waals surface area contributed by atoms with Crippen LogP contribution < -0.4 is 0 Å². The molecule has 6 aliphatic rings. The van der Waals surface area contributed by atoms with E-state index >= 15 is 0 Å². The van der Waals surface area contributed by atoms with Crippen molar-refractivity contribution in [3.05, 3.63) is 23.8 Å². The minimum Gasteiger partial charge on any atom is -0.393 e. The topological polar surface area (TPSA) is 43.4 Å². The highest BCUT2D eigenvalue weighted by Crippen LogP contribution is 2.64. The maximum Gasteiger partial charge on any atom is 0.318 e. The molecule has 3 fully saturated rings. The summed E-state index contributed by atoms with van der Waals surface area (Å²) in [6, 6.07) is 0. The number of hydrogen-bond acceptors (Lipinski definition) is 3. The van der Waals surface area contributed by atoms with Crippen molar-refractivity contribution in [2.45, 2.75) is 12.8 Å². The normalized spacial score (nSPS) is 51.4. The first-order valence-corrected chi connectivity index (χ1v) is 6.91. The summed E-state index contributed by atoms with van der Waals surface area (Å²) in [5, 5.41) is 0. The number of carbonyl (C=O) groups excluding carboxylic acids is 2. The van der Waals surface area contributed by atoms with Gasteiger partial charge in [0, 0.05) is 0 Å². The summed E-state index contributed by atoms with van der Waals surface area (Å²) in [5.74, 6) is 1.33. The maximum atomic E-state index is 11.9. The highest BCUT2D eigenvalue weighted by molar-refractivity contribution is 5.98. The fourth-order valence-corrected chi connectivity index (χ4v) is 4.72. The Balaban J connectivity index is 1.61. The molecule has 92 valence electrons. The molecular formula is C15H14O3. The Kier molecular flexibility index (Phi) is 1.48. The van der Waals surface area contributed by atoms with Crippen LogP contribution >= 0.6 is 0 Å². The molecule has 0 spiro atoms. The molecule has 0 amide bonds. The lowest BCUT2D eigenvalue weighted by Gasteiger charge is -2.54. The van der Waals surface area contributed by atoms with E-state index in [9.17, 15) is 9.59 Å². The van der Waals surface area contributed by atoms with Crippen LogP contribution in [0, 0.1) is 41.4 Å². The van der Waals surface area contributed by atoms with Crippen molar-refractivity contribution in [3.63, 3.8) is 0 Å². The van der Waals surface area contributed by atoms with E-state index in [2.05, 4.69) is 18.2 Å². The molecule has 18 heavy (non-hydrogen) atoms. The van der Waals surface area contributed by atoms with Crippen LogP contribution in [0.1, 0.15) is 12.8 Å². The number of hydrogen-bond donors (Lipinski definition) is 0. The minimum absolute atomic E-state index is 0.184. The largest absolute Gasteiger partial charge is 0.393 e. The molecule has 2 saturated carbocycles. The van der Waals surface area contributed by atoms with Crippen molar-refractivity contribution in [2.24, 2.45) is 41.4 Å². The molecule has 5 aliphatic carbocycles. The minimum atomic E-state index is -0.281. The summed E-state index contributed by atoms with van der Waals surface area (Å²) < 4.78 is 4.88. The predicted octanol–water partition coefficient (Wildman–Crippen LogP) is 1.70. The number of ether oxygens (including phenoxy) is 1.